The Labute approximate surface area is 152 Å². The monoisotopic (exact) mass is 342 g/mol. The molecular formula is C23H34O2. The van der Waals surface area contributed by atoms with Crippen LogP contribution in [0.15, 0.2) is 11.6 Å². The lowest BCUT2D eigenvalue weighted by Gasteiger charge is -2.58. The maximum absolute atomic E-state index is 12.0. The Morgan fingerprint density at radius 2 is 2.08 bits per heavy atom. The summed E-state index contributed by atoms with van der Waals surface area (Å²) in [7, 11) is 0. The van der Waals surface area contributed by atoms with E-state index in [-0.39, 0.29) is 5.60 Å². The van der Waals surface area contributed by atoms with Crippen LogP contribution in [0.2, 0.25) is 0 Å². The molecule has 2 nitrogen and oxygen atoms in total. The molecule has 1 saturated heterocycles. The molecule has 1 spiro atoms. The second-order valence-corrected chi connectivity index (χ2v) is 9.99. The van der Waals surface area contributed by atoms with Crippen LogP contribution in [-0.4, -0.2) is 18.0 Å². The summed E-state index contributed by atoms with van der Waals surface area (Å²) in [5.74, 6) is 4.47. The van der Waals surface area contributed by atoms with Crippen molar-refractivity contribution >= 4 is 5.78 Å². The summed E-state index contributed by atoms with van der Waals surface area (Å²) in [4.78, 5) is 12.0. The third kappa shape index (κ3) is 2.16. The molecule has 25 heavy (non-hydrogen) atoms. The summed E-state index contributed by atoms with van der Waals surface area (Å²) in [6.07, 6.45) is 14.4. The van der Waals surface area contributed by atoms with Crippen molar-refractivity contribution in [2.24, 2.45) is 35.0 Å². The van der Waals surface area contributed by atoms with Crippen LogP contribution < -0.4 is 0 Å². The molecule has 2 heteroatoms. The lowest BCUT2D eigenvalue weighted by Crippen LogP contribution is -2.54. The molecular weight excluding hydrogens is 308 g/mol. The molecule has 0 N–H and O–H groups in total. The summed E-state index contributed by atoms with van der Waals surface area (Å²) in [6, 6.07) is 0. The zero-order chi connectivity index (χ0) is 17.2. The van der Waals surface area contributed by atoms with E-state index in [9.17, 15) is 4.79 Å². The van der Waals surface area contributed by atoms with Gasteiger partial charge in [0.25, 0.3) is 0 Å². The summed E-state index contributed by atoms with van der Waals surface area (Å²) in [5, 5.41) is 0. The van der Waals surface area contributed by atoms with E-state index in [1.807, 2.05) is 0 Å². The number of ether oxygens (including phenoxy) is 1. The topological polar surface area (TPSA) is 26.3 Å². The van der Waals surface area contributed by atoms with Crippen LogP contribution in [0.25, 0.3) is 0 Å². The summed E-state index contributed by atoms with van der Waals surface area (Å²) < 4.78 is 6.49. The number of carbonyl (C=O) groups excluding carboxylic acids is 1. The number of rotatable bonds is 1. The van der Waals surface area contributed by atoms with E-state index < -0.39 is 0 Å². The predicted octanol–water partition coefficient (Wildman–Crippen LogP) is 5.31. The number of fused-ring (bicyclic) bond motifs is 6. The smallest absolute Gasteiger partial charge is 0.155 e. The molecule has 0 radical (unpaired) electrons. The van der Waals surface area contributed by atoms with Crippen molar-refractivity contribution in [3.8, 4) is 0 Å². The van der Waals surface area contributed by atoms with Crippen molar-refractivity contribution in [3.63, 3.8) is 0 Å². The maximum atomic E-state index is 12.0. The maximum Gasteiger partial charge on any atom is 0.155 e. The second-order valence-electron chi connectivity index (χ2n) is 9.99. The van der Waals surface area contributed by atoms with Gasteiger partial charge in [0.15, 0.2) is 5.78 Å². The van der Waals surface area contributed by atoms with Crippen molar-refractivity contribution in [2.45, 2.75) is 83.7 Å². The molecule has 5 rings (SSSR count). The van der Waals surface area contributed by atoms with Crippen LogP contribution in [0, 0.1) is 35.0 Å². The normalized spacial score (nSPS) is 51.8. The zero-order valence-electron chi connectivity index (χ0n) is 16.1. The van der Waals surface area contributed by atoms with Gasteiger partial charge in [0.05, 0.1) is 5.60 Å². The molecule has 4 unspecified atom stereocenters. The van der Waals surface area contributed by atoms with Crippen LogP contribution >= 0.6 is 0 Å². The molecule has 0 aromatic heterocycles. The van der Waals surface area contributed by atoms with E-state index in [4.69, 9.17) is 4.74 Å². The van der Waals surface area contributed by atoms with E-state index in [2.05, 4.69) is 19.9 Å². The molecule has 138 valence electrons. The first-order valence-electron chi connectivity index (χ1n) is 11.0. The Kier molecular flexibility index (Phi) is 3.76. The molecule has 5 aliphatic rings. The molecule has 0 amide bonds. The third-order valence-corrected chi connectivity index (χ3v) is 9.39. The van der Waals surface area contributed by atoms with Gasteiger partial charge in [0.1, 0.15) is 0 Å². The molecule has 1 aliphatic heterocycles. The van der Waals surface area contributed by atoms with Crippen molar-refractivity contribution in [1.29, 1.82) is 0 Å². The highest BCUT2D eigenvalue weighted by molar-refractivity contribution is 5.91. The SMILES string of the molecule is CCC1CC2=CC(=O)CC[C@@H]2C2CC[C@@]3(C)C(CC[C@@]34CCCO4)C12. The van der Waals surface area contributed by atoms with Crippen molar-refractivity contribution < 1.29 is 9.53 Å². The lowest BCUT2D eigenvalue weighted by atomic mass is 9.47. The van der Waals surface area contributed by atoms with Gasteiger partial charge in [-0.3, -0.25) is 4.79 Å². The number of ketones is 1. The minimum absolute atomic E-state index is 0.208. The molecule has 3 saturated carbocycles. The first-order chi connectivity index (χ1) is 12.1. The molecule has 0 aromatic carbocycles. The molecule has 4 fully saturated rings. The van der Waals surface area contributed by atoms with Crippen molar-refractivity contribution in [2.75, 3.05) is 6.61 Å². The van der Waals surface area contributed by atoms with Gasteiger partial charge in [0, 0.05) is 13.0 Å². The lowest BCUT2D eigenvalue weighted by molar-refractivity contribution is -0.136. The Bertz CT molecular complexity index is 599. The molecule has 4 aliphatic carbocycles. The summed E-state index contributed by atoms with van der Waals surface area (Å²) in [6.45, 7) is 5.97. The highest BCUT2D eigenvalue weighted by Crippen LogP contribution is 2.68. The van der Waals surface area contributed by atoms with Crippen LogP contribution in [0.5, 0.6) is 0 Å². The second kappa shape index (κ2) is 5.68. The quantitative estimate of drug-likeness (QED) is 0.645. The van der Waals surface area contributed by atoms with Crippen LogP contribution in [0.4, 0.5) is 0 Å². The predicted molar refractivity (Wildman–Crippen MR) is 99.2 cm³/mol. The standard InChI is InChI=1S/C23H34O2/c1-3-15-13-16-14-17(24)5-6-18(16)19-7-10-22(2)20(21(15)19)8-11-23(22)9-4-12-25-23/h14-15,18-21H,3-13H2,1-2H3/t15?,18-,19?,20?,21?,22-,23-/m0/s1. The van der Waals surface area contributed by atoms with Crippen molar-refractivity contribution in [3.05, 3.63) is 11.6 Å². The Balaban J connectivity index is 1.51. The highest BCUT2D eigenvalue weighted by atomic mass is 16.5. The van der Waals surface area contributed by atoms with Crippen molar-refractivity contribution in [1.82, 2.24) is 0 Å². The van der Waals surface area contributed by atoms with E-state index in [1.54, 1.807) is 0 Å². The largest absolute Gasteiger partial charge is 0.374 e. The fourth-order valence-electron chi connectivity index (χ4n) is 8.23. The van der Waals surface area contributed by atoms with Crippen LogP contribution in [0.1, 0.15) is 78.1 Å². The third-order valence-electron chi connectivity index (χ3n) is 9.39. The van der Waals surface area contributed by atoms with E-state index in [1.165, 1.54) is 56.9 Å². The highest BCUT2D eigenvalue weighted by Gasteiger charge is 2.65. The Morgan fingerprint density at radius 3 is 2.84 bits per heavy atom. The molecule has 1 heterocycles. The van der Waals surface area contributed by atoms with Gasteiger partial charge in [-0.25, -0.2) is 0 Å². The van der Waals surface area contributed by atoms with Crippen LogP contribution in [0.3, 0.4) is 0 Å². The first kappa shape index (κ1) is 16.5. The first-order valence-corrected chi connectivity index (χ1v) is 11.0. The molecule has 7 atom stereocenters. The molecule has 0 aromatic rings. The average molecular weight is 343 g/mol. The minimum Gasteiger partial charge on any atom is -0.374 e. The average Bonchev–Trinajstić information content (AvgIpc) is 3.20. The number of hydrogen-bond donors (Lipinski definition) is 0. The fourth-order valence-corrected chi connectivity index (χ4v) is 8.23. The number of allylic oxidation sites excluding steroid dienone is 1. The van der Waals surface area contributed by atoms with E-state index >= 15 is 0 Å². The van der Waals surface area contributed by atoms with Gasteiger partial charge in [0.2, 0.25) is 0 Å². The van der Waals surface area contributed by atoms with E-state index in [0.717, 1.165) is 49.0 Å². The number of carbonyl (C=O) groups is 1. The summed E-state index contributed by atoms with van der Waals surface area (Å²) in [5.41, 5.74) is 2.14. The van der Waals surface area contributed by atoms with Gasteiger partial charge in [-0.05, 0) is 92.4 Å². The van der Waals surface area contributed by atoms with Gasteiger partial charge in [-0.2, -0.15) is 0 Å². The zero-order valence-corrected chi connectivity index (χ0v) is 16.1. The van der Waals surface area contributed by atoms with Gasteiger partial charge in [-0.1, -0.05) is 25.8 Å². The van der Waals surface area contributed by atoms with Gasteiger partial charge < -0.3 is 4.74 Å². The van der Waals surface area contributed by atoms with Gasteiger partial charge >= 0.3 is 0 Å². The minimum atomic E-state index is 0.208. The summed E-state index contributed by atoms with van der Waals surface area (Å²) >= 11 is 0. The van der Waals surface area contributed by atoms with Gasteiger partial charge in [-0.15, -0.1) is 0 Å². The van der Waals surface area contributed by atoms with E-state index in [0.29, 0.717) is 11.2 Å². The molecule has 0 bridgehead atoms. The Hall–Kier alpha value is -0.630. The number of hydrogen-bond acceptors (Lipinski definition) is 2. The Morgan fingerprint density at radius 1 is 1.20 bits per heavy atom. The fraction of sp³-hybridized carbons (Fsp3) is 0.870. The van der Waals surface area contributed by atoms with Crippen LogP contribution in [-0.2, 0) is 9.53 Å².